The van der Waals surface area contributed by atoms with Crippen molar-refractivity contribution in [2.75, 3.05) is 13.1 Å². The van der Waals surface area contributed by atoms with Crippen LogP contribution in [-0.2, 0) is 22.4 Å². The van der Waals surface area contributed by atoms with Gasteiger partial charge in [0.1, 0.15) is 11.9 Å². The van der Waals surface area contributed by atoms with Crippen LogP contribution in [0.3, 0.4) is 0 Å². The van der Waals surface area contributed by atoms with E-state index in [-0.39, 0.29) is 28.8 Å². The molecule has 2 amide bonds. The second-order valence-corrected chi connectivity index (χ2v) is 6.68. The summed E-state index contributed by atoms with van der Waals surface area (Å²) < 4.78 is 14.1. The molecule has 0 aliphatic carbocycles. The molecule has 27 heavy (non-hydrogen) atoms. The Balaban J connectivity index is 2.19. The van der Waals surface area contributed by atoms with E-state index in [1.807, 2.05) is 37.3 Å². The largest absolute Gasteiger partial charge is 0.355 e. The van der Waals surface area contributed by atoms with Crippen molar-refractivity contribution >= 4 is 23.4 Å². The Bertz CT molecular complexity index is 763. The third kappa shape index (κ3) is 5.79. The van der Waals surface area contributed by atoms with E-state index >= 15 is 0 Å². The molecule has 0 aliphatic rings. The first kappa shape index (κ1) is 20.9. The Hall–Kier alpha value is -2.40. The Morgan fingerprint density at radius 2 is 1.85 bits per heavy atom. The number of benzene rings is 2. The van der Waals surface area contributed by atoms with Crippen LogP contribution in [0, 0.1) is 5.82 Å². The van der Waals surface area contributed by atoms with Crippen molar-refractivity contribution in [3.8, 4) is 0 Å². The number of hydrogen-bond donors (Lipinski definition) is 1. The van der Waals surface area contributed by atoms with Gasteiger partial charge in [0.15, 0.2) is 0 Å². The van der Waals surface area contributed by atoms with Crippen LogP contribution >= 0.6 is 11.6 Å². The third-order valence-corrected chi connectivity index (χ3v) is 4.75. The van der Waals surface area contributed by atoms with E-state index in [0.29, 0.717) is 19.5 Å². The minimum atomic E-state index is -0.660. The Kier molecular flexibility index (Phi) is 7.80. The highest BCUT2D eigenvalue weighted by Gasteiger charge is 2.26. The van der Waals surface area contributed by atoms with E-state index in [2.05, 4.69) is 5.32 Å². The number of rotatable bonds is 8. The zero-order chi connectivity index (χ0) is 19.8. The first-order valence-corrected chi connectivity index (χ1v) is 9.35. The van der Waals surface area contributed by atoms with Crippen LogP contribution < -0.4 is 5.32 Å². The number of carbonyl (C=O) groups excluding carboxylic acids is 2. The van der Waals surface area contributed by atoms with Gasteiger partial charge in [-0.2, -0.15) is 0 Å². The first-order chi connectivity index (χ1) is 12.9. The molecular formula is C21H24ClFN2O2. The van der Waals surface area contributed by atoms with Gasteiger partial charge >= 0.3 is 0 Å². The molecule has 0 spiro atoms. The Morgan fingerprint density at radius 3 is 2.48 bits per heavy atom. The van der Waals surface area contributed by atoms with Crippen molar-refractivity contribution in [1.82, 2.24) is 10.2 Å². The summed E-state index contributed by atoms with van der Waals surface area (Å²) in [4.78, 5) is 26.7. The minimum absolute atomic E-state index is 0.150. The van der Waals surface area contributed by atoms with Crippen LogP contribution in [0.25, 0.3) is 0 Å². The Morgan fingerprint density at radius 1 is 1.15 bits per heavy atom. The number of nitrogens with one attached hydrogen (secondary N) is 1. The molecule has 0 aromatic heterocycles. The maximum absolute atomic E-state index is 14.1. The quantitative estimate of drug-likeness (QED) is 0.748. The molecule has 0 heterocycles. The SMILES string of the molecule is CCNC(=O)[C@H](C)N(CCc1ccccc1)C(=O)Cc1c(F)cccc1Cl. The first-order valence-electron chi connectivity index (χ1n) is 8.98. The predicted molar refractivity (Wildman–Crippen MR) is 105 cm³/mol. The summed E-state index contributed by atoms with van der Waals surface area (Å²) in [7, 11) is 0. The smallest absolute Gasteiger partial charge is 0.242 e. The molecule has 0 unspecified atom stereocenters. The second kappa shape index (κ2) is 10.1. The van der Waals surface area contributed by atoms with Crippen LogP contribution in [0.15, 0.2) is 48.5 Å². The van der Waals surface area contributed by atoms with Crippen molar-refractivity contribution in [3.05, 3.63) is 70.5 Å². The van der Waals surface area contributed by atoms with Crippen LogP contribution in [0.5, 0.6) is 0 Å². The van der Waals surface area contributed by atoms with Gasteiger partial charge in [0, 0.05) is 23.7 Å². The highest BCUT2D eigenvalue weighted by atomic mass is 35.5. The molecule has 0 fully saturated rings. The second-order valence-electron chi connectivity index (χ2n) is 6.27. The lowest BCUT2D eigenvalue weighted by Crippen LogP contribution is -2.49. The number of hydrogen-bond acceptors (Lipinski definition) is 2. The fourth-order valence-electron chi connectivity index (χ4n) is 2.85. The van der Waals surface area contributed by atoms with E-state index in [9.17, 15) is 14.0 Å². The molecule has 144 valence electrons. The molecule has 2 rings (SSSR count). The van der Waals surface area contributed by atoms with Gasteiger partial charge < -0.3 is 10.2 Å². The van der Waals surface area contributed by atoms with Crippen molar-refractivity contribution in [1.29, 1.82) is 0 Å². The molecular weight excluding hydrogens is 367 g/mol. The van der Waals surface area contributed by atoms with Gasteiger partial charge in [0.2, 0.25) is 11.8 Å². The summed E-state index contributed by atoms with van der Waals surface area (Å²) in [5.74, 6) is -1.10. The van der Waals surface area contributed by atoms with E-state index in [4.69, 9.17) is 11.6 Å². The summed E-state index contributed by atoms with van der Waals surface area (Å²) in [5, 5.41) is 2.94. The molecule has 6 heteroatoms. The van der Waals surface area contributed by atoms with Gasteiger partial charge in [-0.1, -0.05) is 48.0 Å². The molecule has 0 saturated heterocycles. The number of nitrogens with zero attached hydrogens (tertiary/aromatic N) is 1. The highest BCUT2D eigenvalue weighted by molar-refractivity contribution is 6.31. The van der Waals surface area contributed by atoms with Crippen molar-refractivity contribution < 1.29 is 14.0 Å². The number of halogens is 2. The fourth-order valence-corrected chi connectivity index (χ4v) is 3.08. The fraction of sp³-hybridized carbons (Fsp3) is 0.333. The van der Waals surface area contributed by atoms with Crippen LogP contribution in [0.1, 0.15) is 25.0 Å². The molecule has 2 aromatic rings. The lowest BCUT2D eigenvalue weighted by atomic mass is 10.1. The van der Waals surface area contributed by atoms with E-state index in [0.717, 1.165) is 5.56 Å². The molecule has 1 atom stereocenters. The lowest BCUT2D eigenvalue weighted by molar-refractivity contribution is -0.139. The van der Waals surface area contributed by atoms with Crippen molar-refractivity contribution in [2.45, 2.75) is 32.7 Å². The summed E-state index contributed by atoms with van der Waals surface area (Å²) in [6, 6.07) is 13.4. The molecule has 2 aromatic carbocycles. The number of likely N-dealkylation sites (N-methyl/N-ethyl adjacent to an activating group) is 1. The summed E-state index contributed by atoms with van der Waals surface area (Å²) >= 11 is 6.05. The average molecular weight is 391 g/mol. The molecule has 0 saturated carbocycles. The van der Waals surface area contributed by atoms with Crippen molar-refractivity contribution in [3.63, 3.8) is 0 Å². The zero-order valence-electron chi connectivity index (χ0n) is 15.5. The topological polar surface area (TPSA) is 49.4 Å². The molecule has 4 nitrogen and oxygen atoms in total. The van der Waals surface area contributed by atoms with Gasteiger partial charge in [-0.15, -0.1) is 0 Å². The molecule has 0 aliphatic heterocycles. The van der Waals surface area contributed by atoms with Gasteiger partial charge in [-0.3, -0.25) is 9.59 Å². The van der Waals surface area contributed by atoms with E-state index in [1.54, 1.807) is 13.0 Å². The lowest BCUT2D eigenvalue weighted by Gasteiger charge is -2.29. The van der Waals surface area contributed by atoms with E-state index < -0.39 is 11.9 Å². The minimum Gasteiger partial charge on any atom is -0.355 e. The summed E-state index contributed by atoms with van der Waals surface area (Å²) in [6.07, 6.45) is 0.408. The molecule has 0 bridgehead atoms. The van der Waals surface area contributed by atoms with Gasteiger partial charge in [0.05, 0.1) is 6.42 Å². The van der Waals surface area contributed by atoms with Gasteiger partial charge in [0.25, 0.3) is 0 Å². The van der Waals surface area contributed by atoms with Crippen molar-refractivity contribution in [2.24, 2.45) is 0 Å². The summed E-state index contributed by atoms with van der Waals surface area (Å²) in [6.45, 7) is 4.33. The standard InChI is InChI=1S/C21H24ClFN2O2/c1-3-24-21(27)15(2)25(13-12-16-8-5-4-6-9-16)20(26)14-17-18(22)10-7-11-19(17)23/h4-11,15H,3,12-14H2,1-2H3,(H,24,27)/t15-/m0/s1. The Labute approximate surface area is 164 Å². The predicted octanol–water partition coefficient (Wildman–Crippen LogP) is 3.62. The average Bonchev–Trinajstić information content (AvgIpc) is 2.66. The maximum Gasteiger partial charge on any atom is 0.242 e. The van der Waals surface area contributed by atoms with E-state index in [1.165, 1.54) is 17.0 Å². The maximum atomic E-state index is 14.1. The highest BCUT2D eigenvalue weighted by Crippen LogP contribution is 2.21. The van der Waals surface area contributed by atoms with Gasteiger partial charge in [-0.25, -0.2) is 4.39 Å². The molecule has 0 radical (unpaired) electrons. The number of amides is 2. The number of carbonyl (C=O) groups is 2. The monoisotopic (exact) mass is 390 g/mol. The molecule has 1 N–H and O–H groups in total. The third-order valence-electron chi connectivity index (χ3n) is 4.39. The van der Waals surface area contributed by atoms with Crippen LogP contribution in [0.4, 0.5) is 4.39 Å². The summed E-state index contributed by atoms with van der Waals surface area (Å²) in [5.41, 5.74) is 1.21. The zero-order valence-corrected chi connectivity index (χ0v) is 16.3. The normalized spacial score (nSPS) is 11.7. The van der Waals surface area contributed by atoms with Crippen LogP contribution in [-0.4, -0.2) is 35.8 Å². The van der Waals surface area contributed by atoms with Gasteiger partial charge in [-0.05, 0) is 38.0 Å². The van der Waals surface area contributed by atoms with Crippen LogP contribution in [0.2, 0.25) is 5.02 Å².